The van der Waals surface area contributed by atoms with E-state index in [1.54, 1.807) is 12.1 Å². The molecule has 3 heterocycles. The van der Waals surface area contributed by atoms with Gasteiger partial charge >= 0.3 is 0 Å². The van der Waals surface area contributed by atoms with Gasteiger partial charge in [0.25, 0.3) is 0 Å². The molecule has 3 N–H and O–H groups in total. The number of carbonyl (C=O) groups excluding carboxylic acids is 1. The zero-order chi connectivity index (χ0) is 17.1. The number of oxime groups is 1. The smallest absolute Gasteiger partial charge is 0.188 e. The molecule has 1 atom stereocenters. The molecule has 0 aliphatic carbocycles. The predicted molar refractivity (Wildman–Crippen MR) is 96.0 cm³/mol. The van der Waals surface area contributed by atoms with Crippen LogP contribution in [0, 0.1) is 11.3 Å². The van der Waals surface area contributed by atoms with E-state index in [0.29, 0.717) is 28.0 Å². The lowest BCUT2D eigenvalue weighted by molar-refractivity contribution is 0.0719. The number of guanidine groups is 1. The summed E-state index contributed by atoms with van der Waals surface area (Å²) in [4.78, 5) is 20.2. The highest BCUT2D eigenvalue weighted by Gasteiger charge is 2.30. The molecule has 2 aliphatic rings. The fraction of sp³-hybridized carbons (Fsp3) is 0.562. The van der Waals surface area contributed by atoms with E-state index in [9.17, 15) is 4.79 Å². The normalized spacial score (nSPS) is 21.5. The molecule has 1 aromatic heterocycles. The van der Waals surface area contributed by atoms with Gasteiger partial charge in [-0.25, -0.2) is 0 Å². The molecule has 1 unspecified atom stereocenters. The summed E-state index contributed by atoms with van der Waals surface area (Å²) in [6.45, 7) is 1.59. The first kappa shape index (κ1) is 17.2. The minimum atomic E-state index is -0.00905. The molecule has 0 bridgehead atoms. The molecule has 0 spiro atoms. The van der Waals surface area contributed by atoms with Gasteiger partial charge in [-0.2, -0.15) is 0 Å². The molecule has 3 rings (SSSR count). The number of thiophene rings is 1. The van der Waals surface area contributed by atoms with Crippen molar-refractivity contribution in [3.05, 3.63) is 21.3 Å². The van der Waals surface area contributed by atoms with E-state index in [2.05, 4.69) is 5.16 Å². The average Bonchev–Trinajstić information content (AvgIpc) is 3.22. The second-order valence-electron chi connectivity index (χ2n) is 6.23. The van der Waals surface area contributed by atoms with E-state index in [1.807, 2.05) is 4.90 Å². The summed E-state index contributed by atoms with van der Waals surface area (Å²) in [6.07, 6.45) is 3.80. The first-order valence-electron chi connectivity index (χ1n) is 8.13. The maximum absolute atomic E-state index is 12.1. The van der Waals surface area contributed by atoms with Crippen molar-refractivity contribution in [3.63, 3.8) is 0 Å². The van der Waals surface area contributed by atoms with Crippen LogP contribution < -0.4 is 5.73 Å². The molecule has 8 heteroatoms. The quantitative estimate of drug-likeness (QED) is 0.474. The van der Waals surface area contributed by atoms with Crippen molar-refractivity contribution >= 4 is 40.4 Å². The number of rotatable bonds is 5. The summed E-state index contributed by atoms with van der Waals surface area (Å²) >= 11 is 7.18. The van der Waals surface area contributed by atoms with Gasteiger partial charge in [-0.15, -0.1) is 11.3 Å². The first-order valence-corrected chi connectivity index (χ1v) is 9.32. The van der Waals surface area contributed by atoms with Crippen LogP contribution in [0.15, 0.2) is 17.3 Å². The number of hydrogen-bond donors (Lipinski definition) is 2. The SMILES string of the molecule is N=C(N)N1CCC(C2=NOC(CCC(=O)c3ccc(Cl)s3)C2)CC1. The first-order chi connectivity index (χ1) is 11.5. The number of likely N-dealkylation sites (tertiary alicyclic amines) is 1. The van der Waals surface area contributed by atoms with E-state index >= 15 is 0 Å². The Hall–Kier alpha value is -1.60. The van der Waals surface area contributed by atoms with Crippen molar-refractivity contribution in [2.24, 2.45) is 16.8 Å². The number of halogens is 1. The molecule has 0 amide bonds. The van der Waals surface area contributed by atoms with Crippen LogP contribution in [-0.4, -0.2) is 41.5 Å². The van der Waals surface area contributed by atoms with Gasteiger partial charge in [-0.1, -0.05) is 16.8 Å². The Labute approximate surface area is 150 Å². The molecule has 24 heavy (non-hydrogen) atoms. The maximum atomic E-state index is 12.1. The molecule has 0 radical (unpaired) electrons. The molecule has 0 aromatic carbocycles. The molecule has 6 nitrogen and oxygen atoms in total. The zero-order valence-corrected chi connectivity index (χ0v) is 14.9. The molecule has 1 fully saturated rings. The summed E-state index contributed by atoms with van der Waals surface area (Å²) in [5.41, 5.74) is 6.61. The van der Waals surface area contributed by atoms with Gasteiger partial charge in [0.15, 0.2) is 11.7 Å². The molecular formula is C16H21ClN4O2S. The lowest BCUT2D eigenvalue weighted by Crippen LogP contribution is -2.43. The number of hydrogen-bond acceptors (Lipinski definition) is 5. The Morgan fingerprint density at radius 2 is 2.21 bits per heavy atom. The zero-order valence-electron chi connectivity index (χ0n) is 13.3. The highest BCUT2D eigenvalue weighted by Crippen LogP contribution is 2.28. The lowest BCUT2D eigenvalue weighted by atomic mass is 9.89. The largest absolute Gasteiger partial charge is 0.392 e. The van der Waals surface area contributed by atoms with Crippen LogP contribution in [0.25, 0.3) is 0 Å². The minimum absolute atomic E-state index is 0.00905. The van der Waals surface area contributed by atoms with Gasteiger partial charge in [-0.05, 0) is 31.4 Å². The molecular weight excluding hydrogens is 348 g/mol. The van der Waals surface area contributed by atoms with Crippen LogP contribution in [0.4, 0.5) is 0 Å². The average molecular weight is 369 g/mol. The van der Waals surface area contributed by atoms with Crippen molar-refractivity contribution in [1.29, 1.82) is 5.41 Å². The van der Waals surface area contributed by atoms with Crippen LogP contribution in [0.5, 0.6) is 0 Å². The van der Waals surface area contributed by atoms with Gasteiger partial charge in [0, 0.05) is 31.8 Å². The summed E-state index contributed by atoms with van der Waals surface area (Å²) in [5, 5.41) is 11.7. The van der Waals surface area contributed by atoms with Gasteiger partial charge in [-0.3, -0.25) is 10.2 Å². The van der Waals surface area contributed by atoms with Gasteiger partial charge in [0.2, 0.25) is 0 Å². The van der Waals surface area contributed by atoms with E-state index in [4.69, 9.17) is 27.6 Å². The molecule has 1 aromatic rings. The van der Waals surface area contributed by atoms with Crippen molar-refractivity contribution in [2.45, 2.75) is 38.2 Å². The number of nitrogens with zero attached hydrogens (tertiary/aromatic N) is 2. The number of nitrogens with one attached hydrogen (secondary N) is 1. The monoisotopic (exact) mass is 368 g/mol. The Balaban J connectivity index is 1.42. The number of nitrogens with two attached hydrogens (primary N) is 1. The third kappa shape index (κ3) is 4.08. The molecule has 2 aliphatic heterocycles. The third-order valence-corrected chi connectivity index (χ3v) is 5.88. The predicted octanol–water partition coefficient (Wildman–Crippen LogP) is 3.11. The van der Waals surface area contributed by atoms with Crippen LogP contribution in [0.3, 0.4) is 0 Å². The second kappa shape index (κ2) is 7.53. The van der Waals surface area contributed by atoms with Gasteiger partial charge in [0.1, 0.15) is 6.10 Å². The molecule has 130 valence electrons. The van der Waals surface area contributed by atoms with E-state index in [-0.39, 0.29) is 17.8 Å². The van der Waals surface area contributed by atoms with Crippen LogP contribution >= 0.6 is 22.9 Å². The van der Waals surface area contributed by atoms with Crippen molar-refractivity contribution in [2.75, 3.05) is 13.1 Å². The molecule has 1 saturated heterocycles. The van der Waals surface area contributed by atoms with E-state index in [1.165, 1.54) is 11.3 Å². The summed E-state index contributed by atoms with van der Waals surface area (Å²) in [6, 6.07) is 3.52. The maximum Gasteiger partial charge on any atom is 0.188 e. The lowest BCUT2D eigenvalue weighted by Gasteiger charge is -2.31. The number of Topliss-reactive ketones (excluding diaryl/α,β-unsaturated/α-hetero) is 1. The summed E-state index contributed by atoms with van der Waals surface area (Å²) in [5.74, 6) is 0.652. The Morgan fingerprint density at radius 3 is 2.83 bits per heavy atom. The van der Waals surface area contributed by atoms with Crippen LogP contribution in [-0.2, 0) is 4.84 Å². The van der Waals surface area contributed by atoms with E-state index in [0.717, 1.165) is 38.1 Å². The highest BCUT2D eigenvalue weighted by atomic mass is 35.5. The van der Waals surface area contributed by atoms with Gasteiger partial charge < -0.3 is 15.5 Å². The third-order valence-electron chi connectivity index (χ3n) is 4.60. The van der Waals surface area contributed by atoms with Crippen molar-refractivity contribution < 1.29 is 9.63 Å². The van der Waals surface area contributed by atoms with E-state index < -0.39 is 0 Å². The Morgan fingerprint density at radius 1 is 1.46 bits per heavy atom. The van der Waals surface area contributed by atoms with Crippen LogP contribution in [0.1, 0.15) is 41.8 Å². The van der Waals surface area contributed by atoms with Gasteiger partial charge in [0.05, 0.1) is 14.9 Å². The Bertz CT molecular complexity index is 652. The molecule has 0 saturated carbocycles. The minimum Gasteiger partial charge on any atom is -0.392 e. The summed E-state index contributed by atoms with van der Waals surface area (Å²) in [7, 11) is 0. The second-order valence-corrected chi connectivity index (χ2v) is 7.94. The number of carbonyl (C=O) groups is 1. The summed E-state index contributed by atoms with van der Waals surface area (Å²) < 4.78 is 0.637. The standard InChI is InChI=1S/C16H21ClN4O2S/c17-15-4-3-14(24-15)13(22)2-1-11-9-12(20-23-11)10-5-7-21(8-6-10)16(18)19/h3-4,10-11H,1-2,5-9H2,(H3,18,19). The van der Waals surface area contributed by atoms with Crippen molar-refractivity contribution in [1.82, 2.24) is 4.90 Å². The fourth-order valence-corrected chi connectivity index (χ4v) is 4.19. The Kier molecular flexibility index (Phi) is 5.40. The fourth-order valence-electron chi connectivity index (χ4n) is 3.18. The van der Waals surface area contributed by atoms with Crippen LogP contribution in [0.2, 0.25) is 4.34 Å². The number of piperidine rings is 1. The van der Waals surface area contributed by atoms with Crippen molar-refractivity contribution in [3.8, 4) is 0 Å². The number of ketones is 1. The topological polar surface area (TPSA) is 91.8 Å². The highest BCUT2D eigenvalue weighted by molar-refractivity contribution is 7.18.